The predicted molar refractivity (Wildman–Crippen MR) is 48.7 cm³/mol. The van der Waals surface area contributed by atoms with E-state index in [1.165, 1.54) is 12.2 Å². The Morgan fingerprint density at radius 2 is 1.25 bits per heavy atom. The molecule has 0 aromatic carbocycles. The Balaban J connectivity index is 4.37. The van der Waals surface area contributed by atoms with Gasteiger partial charge in [0.15, 0.2) is 11.6 Å². The highest BCUT2D eigenvalue weighted by atomic mass is 16.1. The zero-order valence-corrected chi connectivity index (χ0v) is 7.54. The average Bonchev–Trinajstić information content (AvgIpc) is 2.12. The zero-order chi connectivity index (χ0) is 9.72. The molecule has 66 valence electrons. The number of carbonyl (C=O) groups excluding carboxylic acids is 2. The van der Waals surface area contributed by atoms with Crippen LogP contribution in [0.5, 0.6) is 0 Å². The fourth-order valence-electron chi connectivity index (χ4n) is 0.865. The van der Waals surface area contributed by atoms with E-state index in [1.54, 1.807) is 13.8 Å². The Kier molecular flexibility index (Phi) is 4.19. The Bertz CT molecular complexity index is 192. The van der Waals surface area contributed by atoms with Crippen molar-refractivity contribution in [3.63, 3.8) is 0 Å². The molecule has 2 nitrogen and oxygen atoms in total. The van der Waals surface area contributed by atoms with Gasteiger partial charge in [0.2, 0.25) is 0 Å². The van der Waals surface area contributed by atoms with Gasteiger partial charge in [0.05, 0.1) is 0 Å². The molecule has 1 unspecified atom stereocenters. The van der Waals surface area contributed by atoms with Crippen molar-refractivity contribution in [2.24, 2.45) is 11.8 Å². The van der Waals surface area contributed by atoms with Crippen LogP contribution < -0.4 is 0 Å². The third kappa shape index (κ3) is 2.46. The van der Waals surface area contributed by atoms with Crippen LogP contribution in [0.4, 0.5) is 0 Å². The van der Waals surface area contributed by atoms with Crippen molar-refractivity contribution in [2.75, 3.05) is 0 Å². The summed E-state index contributed by atoms with van der Waals surface area (Å²) >= 11 is 0. The highest BCUT2D eigenvalue weighted by Crippen LogP contribution is 2.13. The van der Waals surface area contributed by atoms with Crippen molar-refractivity contribution in [3.05, 3.63) is 25.3 Å². The molecule has 0 bridgehead atoms. The van der Waals surface area contributed by atoms with Crippen molar-refractivity contribution in [3.8, 4) is 0 Å². The number of hydrogen-bond donors (Lipinski definition) is 0. The molecule has 0 fully saturated rings. The van der Waals surface area contributed by atoms with Crippen molar-refractivity contribution in [1.29, 1.82) is 0 Å². The maximum absolute atomic E-state index is 11.1. The maximum Gasteiger partial charge on any atom is 0.158 e. The molecular weight excluding hydrogens is 152 g/mol. The van der Waals surface area contributed by atoms with E-state index in [0.717, 1.165) is 0 Å². The molecule has 0 aliphatic carbocycles. The molecule has 12 heavy (non-hydrogen) atoms. The molecule has 0 N–H and O–H groups in total. The van der Waals surface area contributed by atoms with Gasteiger partial charge in [-0.1, -0.05) is 27.0 Å². The first-order chi connectivity index (χ1) is 5.54. The molecule has 0 amide bonds. The van der Waals surface area contributed by atoms with Crippen LogP contribution in [0.15, 0.2) is 25.3 Å². The van der Waals surface area contributed by atoms with Gasteiger partial charge in [0.1, 0.15) is 0 Å². The lowest BCUT2D eigenvalue weighted by Gasteiger charge is -2.13. The summed E-state index contributed by atoms with van der Waals surface area (Å²) in [4.78, 5) is 22.1. The van der Waals surface area contributed by atoms with Crippen molar-refractivity contribution < 1.29 is 9.59 Å². The van der Waals surface area contributed by atoms with Gasteiger partial charge in [0, 0.05) is 11.8 Å². The lowest BCUT2D eigenvalue weighted by molar-refractivity contribution is -0.126. The van der Waals surface area contributed by atoms with Gasteiger partial charge in [-0.2, -0.15) is 0 Å². The fraction of sp³-hybridized carbons (Fsp3) is 0.400. The lowest BCUT2D eigenvalue weighted by atomic mass is 9.88. The highest BCUT2D eigenvalue weighted by Gasteiger charge is 2.21. The third-order valence-corrected chi connectivity index (χ3v) is 2.05. The monoisotopic (exact) mass is 166 g/mol. The van der Waals surface area contributed by atoms with Gasteiger partial charge in [-0.25, -0.2) is 0 Å². The Morgan fingerprint density at radius 3 is 1.42 bits per heavy atom. The molecule has 2 atom stereocenters. The van der Waals surface area contributed by atoms with Gasteiger partial charge in [-0.15, -0.1) is 0 Å². The van der Waals surface area contributed by atoms with E-state index in [0.29, 0.717) is 0 Å². The first-order valence-corrected chi connectivity index (χ1v) is 3.87. The molecule has 0 spiro atoms. The second-order valence-corrected chi connectivity index (χ2v) is 2.79. The van der Waals surface area contributed by atoms with E-state index in [9.17, 15) is 9.59 Å². The summed E-state index contributed by atoms with van der Waals surface area (Å²) in [6.07, 6.45) is 2.50. The molecule has 0 saturated heterocycles. The lowest BCUT2D eigenvalue weighted by Crippen LogP contribution is -2.22. The number of hydrogen-bond acceptors (Lipinski definition) is 2. The van der Waals surface area contributed by atoms with E-state index in [-0.39, 0.29) is 23.4 Å². The SMILES string of the molecule is C=CC(=O)C(C)[C@H](C)C(=O)C=C. The van der Waals surface area contributed by atoms with Gasteiger partial charge in [-0.05, 0) is 12.2 Å². The first-order valence-electron chi connectivity index (χ1n) is 3.87. The number of carbonyl (C=O) groups is 2. The van der Waals surface area contributed by atoms with Crippen LogP contribution in [-0.2, 0) is 9.59 Å². The minimum atomic E-state index is -0.298. The molecule has 0 heterocycles. The minimum Gasteiger partial charge on any atom is -0.295 e. The van der Waals surface area contributed by atoms with E-state index in [1.807, 2.05) is 0 Å². The van der Waals surface area contributed by atoms with Crippen LogP contribution in [0.3, 0.4) is 0 Å². The summed E-state index contributed by atoms with van der Waals surface area (Å²) in [5.74, 6) is -0.795. The molecule has 0 aromatic heterocycles. The summed E-state index contributed by atoms with van der Waals surface area (Å²) < 4.78 is 0. The summed E-state index contributed by atoms with van der Waals surface area (Å²) in [7, 11) is 0. The molecule has 0 radical (unpaired) electrons. The van der Waals surface area contributed by atoms with E-state index < -0.39 is 0 Å². The number of allylic oxidation sites excluding steroid dienone is 2. The van der Waals surface area contributed by atoms with Gasteiger partial charge < -0.3 is 0 Å². The average molecular weight is 166 g/mol. The van der Waals surface area contributed by atoms with Gasteiger partial charge in [0.25, 0.3) is 0 Å². The first kappa shape index (κ1) is 10.8. The third-order valence-electron chi connectivity index (χ3n) is 2.05. The standard InChI is InChI=1S/C10H14O2/c1-5-9(11)7(3)8(4)10(12)6-2/h5-8H,1-2H2,3-4H3/t7-,8?/m0/s1. The smallest absolute Gasteiger partial charge is 0.158 e. The summed E-state index contributed by atoms with van der Waals surface area (Å²) in [6, 6.07) is 0. The Labute approximate surface area is 73.0 Å². The van der Waals surface area contributed by atoms with Crippen molar-refractivity contribution in [2.45, 2.75) is 13.8 Å². The minimum absolute atomic E-state index is 0.0994. The highest BCUT2D eigenvalue weighted by molar-refractivity contribution is 5.98. The fourth-order valence-corrected chi connectivity index (χ4v) is 0.865. The molecule has 0 rings (SSSR count). The second-order valence-electron chi connectivity index (χ2n) is 2.79. The second kappa shape index (κ2) is 4.65. The normalized spacial score (nSPS) is 14.5. The van der Waals surface area contributed by atoms with Crippen LogP contribution in [-0.4, -0.2) is 11.6 Å². The van der Waals surface area contributed by atoms with Crippen LogP contribution in [0, 0.1) is 11.8 Å². The van der Waals surface area contributed by atoms with Crippen LogP contribution >= 0.6 is 0 Å². The molecule has 0 aliphatic heterocycles. The topological polar surface area (TPSA) is 34.1 Å². The van der Waals surface area contributed by atoms with Crippen molar-refractivity contribution in [1.82, 2.24) is 0 Å². The molecule has 2 heteroatoms. The van der Waals surface area contributed by atoms with E-state index in [4.69, 9.17) is 0 Å². The summed E-state index contributed by atoms with van der Waals surface area (Å²) in [5, 5.41) is 0. The number of rotatable bonds is 5. The Hall–Kier alpha value is -1.18. The quantitative estimate of drug-likeness (QED) is 0.583. The number of ketones is 2. The van der Waals surface area contributed by atoms with Crippen LogP contribution in [0.2, 0.25) is 0 Å². The summed E-state index contributed by atoms with van der Waals surface area (Å²) in [5.41, 5.74) is 0. The van der Waals surface area contributed by atoms with Crippen LogP contribution in [0.1, 0.15) is 13.8 Å². The molecule has 0 aromatic rings. The largest absolute Gasteiger partial charge is 0.295 e. The summed E-state index contributed by atoms with van der Waals surface area (Å²) in [6.45, 7) is 10.2. The molecule has 0 saturated carbocycles. The predicted octanol–water partition coefficient (Wildman–Crippen LogP) is 1.77. The zero-order valence-electron chi connectivity index (χ0n) is 7.54. The van der Waals surface area contributed by atoms with Gasteiger partial charge >= 0.3 is 0 Å². The molecule has 0 aliphatic rings. The van der Waals surface area contributed by atoms with Crippen molar-refractivity contribution >= 4 is 11.6 Å². The maximum atomic E-state index is 11.1. The van der Waals surface area contributed by atoms with E-state index >= 15 is 0 Å². The van der Waals surface area contributed by atoms with Gasteiger partial charge in [-0.3, -0.25) is 9.59 Å². The Morgan fingerprint density at radius 1 is 1.00 bits per heavy atom. The van der Waals surface area contributed by atoms with Crippen LogP contribution in [0.25, 0.3) is 0 Å². The van der Waals surface area contributed by atoms with E-state index in [2.05, 4.69) is 13.2 Å². The molecular formula is C10H14O2.